The number of rotatable bonds is 4. The number of hydrogen-bond donors (Lipinski definition) is 0. The van der Waals surface area contributed by atoms with Crippen molar-refractivity contribution >= 4 is 5.91 Å². The van der Waals surface area contributed by atoms with Crippen LogP contribution >= 0.6 is 0 Å². The number of pyridine rings is 1. The molecular weight excluding hydrogens is 320 g/mol. The van der Waals surface area contributed by atoms with E-state index in [4.69, 9.17) is 4.74 Å². The Kier molecular flexibility index (Phi) is 5.23. The molecule has 2 aromatic rings. The minimum atomic E-state index is -0.260. The highest BCUT2D eigenvalue weighted by atomic mass is 16.5. The Morgan fingerprint density at radius 3 is 2.96 bits per heavy atom. The zero-order valence-electron chi connectivity index (χ0n) is 14.5. The highest BCUT2D eigenvalue weighted by molar-refractivity contribution is 5.94. The maximum absolute atomic E-state index is 12.9. The van der Waals surface area contributed by atoms with Crippen LogP contribution in [0.4, 0.5) is 0 Å². The number of hydrogen-bond acceptors (Lipinski definition) is 5. The van der Waals surface area contributed by atoms with Gasteiger partial charge in [0.05, 0.1) is 24.9 Å². The van der Waals surface area contributed by atoms with Crippen molar-refractivity contribution in [1.82, 2.24) is 19.4 Å². The zero-order chi connectivity index (χ0) is 17.8. The molecule has 1 atom stereocenters. The van der Waals surface area contributed by atoms with E-state index in [0.717, 1.165) is 17.8 Å². The summed E-state index contributed by atoms with van der Waals surface area (Å²) in [6.07, 6.45) is 6.45. The third-order valence-electron chi connectivity index (χ3n) is 4.62. The predicted molar refractivity (Wildman–Crippen MR) is 92.4 cm³/mol. The second kappa shape index (κ2) is 7.57. The van der Waals surface area contributed by atoms with E-state index in [0.29, 0.717) is 26.2 Å². The minimum absolute atomic E-state index is 0.0748. The molecule has 7 heteroatoms. The molecule has 1 amide bonds. The van der Waals surface area contributed by atoms with Gasteiger partial charge in [-0.1, -0.05) is 0 Å². The van der Waals surface area contributed by atoms with E-state index in [9.17, 15) is 9.59 Å². The largest absolute Gasteiger partial charge is 0.377 e. The Morgan fingerprint density at radius 1 is 1.36 bits per heavy atom. The van der Waals surface area contributed by atoms with Gasteiger partial charge in [0, 0.05) is 37.9 Å². The second-order valence-corrected chi connectivity index (χ2v) is 6.22. The summed E-state index contributed by atoms with van der Waals surface area (Å²) in [6, 6.07) is 3.34. The fraction of sp³-hybridized carbons (Fsp3) is 0.444. The first-order valence-electron chi connectivity index (χ1n) is 8.38. The quantitative estimate of drug-likeness (QED) is 0.827. The number of aromatic nitrogens is 3. The first kappa shape index (κ1) is 17.3. The SMILES string of the molecule is Cc1ccc(C(=O)N2CCOC[C@H]2CCc2cnccn2)c(=O)n1C. The third kappa shape index (κ3) is 3.76. The van der Waals surface area contributed by atoms with Crippen LogP contribution in [0.3, 0.4) is 0 Å². The molecule has 0 aromatic carbocycles. The monoisotopic (exact) mass is 342 g/mol. The average molecular weight is 342 g/mol. The van der Waals surface area contributed by atoms with Crippen molar-refractivity contribution in [2.75, 3.05) is 19.8 Å². The van der Waals surface area contributed by atoms with Crippen LogP contribution in [0, 0.1) is 6.92 Å². The number of carbonyl (C=O) groups excluding carboxylic acids is 1. The summed E-state index contributed by atoms with van der Waals surface area (Å²) in [6.45, 7) is 3.28. The molecule has 1 fully saturated rings. The topological polar surface area (TPSA) is 77.3 Å². The maximum atomic E-state index is 12.9. The van der Waals surface area contributed by atoms with Gasteiger partial charge in [0.2, 0.25) is 0 Å². The lowest BCUT2D eigenvalue weighted by Crippen LogP contribution is -2.50. The highest BCUT2D eigenvalue weighted by Crippen LogP contribution is 2.16. The van der Waals surface area contributed by atoms with E-state index in [1.54, 1.807) is 42.7 Å². The van der Waals surface area contributed by atoms with E-state index in [1.807, 2.05) is 6.92 Å². The summed E-state index contributed by atoms with van der Waals surface area (Å²) in [5.74, 6) is -0.229. The maximum Gasteiger partial charge on any atom is 0.263 e. The Hall–Kier alpha value is -2.54. The first-order chi connectivity index (χ1) is 12.1. The van der Waals surface area contributed by atoms with Crippen molar-refractivity contribution in [1.29, 1.82) is 0 Å². The van der Waals surface area contributed by atoms with Crippen LogP contribution in [0.5, 0.6) is 0 Å². The Labute approximate surface area is 146 Å². The van der Waals surface area contributed by atoms with Crippen molar-refractivity contribution in [3.8, 4) is 0 Å². The molecule has 3 rings (SSSR count). The van der Waals surface area contributed by atoms with Gasteiger partial charge in [0.1, 0.15) is 5.56 Å². The van der Waals surface area contributed by atoms with Gasteiger partial charge in [-0.25, -0.2) is 0 Å². The van der Waals surface area contributed by atoms with Crippen LogP contribution in [0.25, 0.3) is 0 Å². The fourth-order valence-corrected chi connectivity index (χ4v) is 2.98. The normalized spacial score (nSPS) is 17.5. The molecule has 25 heavy (non-hydrogen) atoms. The average Bonchev–Trinajstić information content (AvgIpc) is 2.65. The van der Waals surface area contributed by atoms with Gasteiger partial charge in [-0.3, -0.25) is 19.6 Å². The first-order valence-corrected chi connectivity index (χ1v) is 8.38. The second-order valence-electron chi connectivity index (χ2n) is 6.22. The summed E-state index contributed by atoms with van der Waals surface area (Å²) in [5, 5.41) is 0. The number of aryl methyl sites for hydroxylation is 2. The van der Waals surface area contributed by atoms with Crippen LogP contribution in [0.15, 0.2) is 35.5 Å². The smallest absolute Gasteiger partial charge is 0.263 e. The lowest BCUT2D eigenvalue weighted by atomic mass is 10.1. The molecule has 1 aliphatic rings. The third-order valence-corrected chi connectivity index (χ3v) is 4.62. The van der Waals surface area contributed by atoms with Crippen molar-refractivity contribution in [3.05, 3.63) is 58.0 Å². The standard InChI is InChI=1S/C18H22N4O3/c1-13-3-6-16(17(23)21(13)2)18(24)22-9-10-25-12-15(22)5-4-14-11-19-7-8-20-14/h3,6-8,11,15H,4-5,9-10,12H2,1-2H3/t15-/m1/s1. The molecule has 3 heterocycles. The van der Waals surface area contributed by atoms with E-state index >= 15 is 0 Å². The van der Waals surface area contributed by atoms with Crippen molar-refractivity contribution in [2.24, 2.45) is 7.05 Å². The molecule has 0 bridgehead atoms. The summed E-state index contributed by atoms with van der Waals surface area (Å²) in [7, 11) is 1.68. The van der Waals surface area contributed by atoms with Gasteiger partial charge in [0.15, 0.2) is 0 Å². The fourth-order valence-electron chi connectivity index (χ4n) is 2.98. The molecular formula is C18H22N4O3. The van der Waals surface area contributed by atoms with Crippen LogP contribution < -0.4 is 5.56 Å². The highest BCUT2D eigenvalue weighted by Gasteiger charge is 2.29. The van der Waals surface area contributed by atoms with Gasteiger partial charge in [-0.05, 0) is 31.9 Å². The molecule has 1 saturated heterocycles. The Bertz CT molecular complexity index is 804. The summed E-state index contributed by atoms with van der Waals surface area (Å²) in [4.78, 5) is 35.4. The van der Waals surface area contributed by atoms with E-state index < -0.39 is 0 Å². The van der Waals surface area contributed by atoms with E-state index in [-0.39, 0.29) is 23.1 Å². The van der Waals surface area contributed by atoms with Crippen molar-refractivity contribution in [3.63, 3.8) is 0 Å². The Balaban J connectivity index is 1.77. The predicted octanol–water partition coefficient (Wildman–Crippen LogP) is 0.958. The molecule has 132 valence electrons. The zero-order valence-corrected chi connectivity index (χ0v) is 14.5. The molecule has 2 aromatic heterocycles. The number of morpholine rings is 1. The van der Waals surface area contributed by atoms with Gasteiger partial charge in [0.25, 0.3) is 11.5 Å². The van der Waals surface area contributed by atoms with Crippen LogP contribution in [-0.2, 0) is 18.2 Å². The number of nitrogens with zero attached hydrogens (tertiary/aromatic N) is 4. The molecule has 0 radical (unpaired) electrons. The minimum Gasteiger partial charge on any atom is -0.377 e. The molecule has 0 N–H and O–H groups in total. The molecule has 0 saturated carbocycles. The van der Waals surface area contributed by atoms with Crippen LogP contribution in [0.2, 0.25) is 0 Å². The molecule has 0 aliphatic carbocycles. The van der Waals surface area contributed by atoms with Crippen LogP contribution in [-0.4, -0.2) is 51.1 Å². The van der Waals surface area contributed by atoms with Gasteiger partial charge in [-0.15, -0.1) is 0 Å². The number of carbonyl (C=O) groups is 1. The molecule has 7 nitrogen and oxygen atoms in total. The summed E-state index contributed by atoms with van der Waals surface area (Å²) in [5.41, 5.74) is 1.65. The van der Waals surface area contributed by atoms with E-state index in [1.165, 1.54) is 4.57 Å². The van der Waals surface area contributed by atoms with Gasteiger partial charge >= 0.3 is 0 Å². The van der Waals surface area contributed by atoms with Gasteiger partial charge in [-0.2, -0.15) is 0 Å². The van der Waals surface area contributed by atoms with Crippen molar-refractivity contribution < 1.29 is 9.53 Å². The molecule has 1 aliphatic heterocycles. The molecule has 0 spiro atoms. The van der Waals surface area contributed by atoms with Crippen molar-refractivity contribution in [2.45, 2.75) is 25.8 Å². The summed E-state index contributed by atoms with van der Waals surface area (Å²) < 4.78 is 7.05. The van der Waals surface area contributed by atoms with Gasteiger partial charge < -0.3 is 14.2 Å². The number of ether oxygens (including phenoxy) is 1. The Morgan fingerprint density at radius 2 is 2.20 bits per heavy atom. The number of amides is 1. The van der Waals surface area contributed by atoms with Crippen LogP contribution in [0.1, 0.15) is 28.2 Å². The lowest BCUT2D eigenvalue weighted by Gasteiger charge is -2.35. The summed E-state index contributed by atoms with van der Waals surface area (Å²) >= 11 is 0. The molecule has 0 unspecified atom stereocenters. The van der Waals surface area contributed by atoms with E-state index in [2.05, 4.69) is 9.97 Å². The lowest BCUT2D eigenvalue weighted by molar-refractivity contribution is -0.00425.